The lowest BCUT2D eigenvalue weighted by Gasteiger charge is -2.27. The topological polar surface area (TPSA) is 101 Å². The van der Waals surface area contributed by atoms with Crippen LogP contribution in [0.3, 0.4) is 0 Å². The van der Waals surface area contributed by atoms with Crippen LogP contribution in [0.25, 0.3) is 54.9 Å². The predicted octanol–water partition coefficient (Wildman–Crippen LogP) is 10.7. The highest BCUT2D eigenvalue weighted by Gasteiger charge is 2.33. The molecule has 0 atom stereocenters. The van der Waals surface area contributed by atoms with E-state index in [0.29, 0.717) is 59.1 Å². The second-order valence-corrected chi connectivity index (χ2v) is 16.8. The van der Waals surface area contributed by atoms with Crippen LogP contribution in [0.4, 0.5) is 0 Å². The highest BCUT2D eigenvalue weighted by molar-refractivity contribution is 7.87. The van der Waals surface area contributed by atoms with E-state index in [1.54, 1.807) is 0 Å². The van der Waals surface area contributed by atoms with Crippen LogP contribution in [0.5, 0.6) is 5.75 Å². The van der Waals surface area contributed by atoms with Gasteiger partial charge < -0.3 is 8.74 Å². The molecule has 0 bridgehead atoms. The summed E-state index contributed by atoms with van der Waals surface area (Å²) in [5.41, 5.74) is 5.35. The van der Waals surface area contributed by atoms with Gasteiger partial charge in [-0.3, -0.25) is 0 Å². The van der Waals surface area contributed by atoms with Crippen molar-refractivity contribution in [1.29, 1.82) is 0 Å². The van der Waals surface area contributed by atoms with Gasteiger partial charge in [-0.2, -0.15) is 8.42 Å². The molecule has 8 rings (SSSR count). The number of rotatable bonds is 8. The van der Waals surface area contributed by atoms with Crippen LogP contribution in [-0.4, -0.2) is 21.4 Å². The van der Waals surface area contributed by atoms with E-state index >= 15 is 8.42 Å². The lowest BCUT2D eigenvalue weighted by atomic mass is 9.87. The van der Waals surface area contributed by atoms with E-state index in [4.69, 9.17) is 4.18 Å². The molecule has 0 aromatic heterocycles. The fourth-order valence-corrected chi connectivity index (χ4v) is 10.0. The van der Waals surface area contributed by atoms with Crippen LogP contribution in [-0.2, 0) is 33.1 Å². The largest absolute Gasteiger partial charge is 0.744 e. The zero-order valence-corrected chi connectivity index (χ0v) is 31.0. The molecular formula is C45H37O6S2-. The molecule has 0 aliphatic heterocycles. The Bertz CT molecular complexity index is 2760. The van der Waals surface area contributed by atoms with Crippen LogP contribution >= 0.6 is 0 Å². The predicted molar refractivity (Wildman–Crippen MR) is 211 cm³/mol. The number of fused-ring (bicyclic) bond motifs is 3. The molecule has 0 N–H and O–H groups in total. The minimum atomic E-state index is -4.82. The van der Waals surface area contributed by atoms with E-state index < -0.39 is 20.2 Å². The molecule has 7 aromatic carbocycles. The molecule has 6 nitrogen and oxygen atoms in total. The maximum atomic E-state index is 15.3. The molecule has 53 heavy (non-hydrogen) atoms. The van der Waals surface area contributed by atoms with Crippen molar-refractivity contribution < 1.29 is 25.6 Å². The summed E-state index contributed by atoms with van der Waals surface area (Å²) in [4.78, 5) is -0.287. The molecule has 0 spiro atoms. The van der Waals surface area contributed by atoms with E-state index in [1.165, 1.54) is 6.07 Å². The Labute approximate surface area is 310 Å². The van der Waals surface area contributed by atoms with E-state index in [0.717, 1.165) is 38.2 Å². The first-order chi connectivity index (χ1) is 25.5. The normalized spacial score (nSPS) is 13.4. The fraction of sp³-hybridized carbons (Fsp3) is 0.156. The van der Waals surface area contributed by atoms with Crippen LogP contribution in [0, 0.1) is 0 Å². The van der Waals surface area contributed by atoms with E-state index in [9.17, 15) is 13.0 Å². The summed E-state index contributed by atoms with van der Waals surface area (Å²) in [6, 6.07) is 42.6. The number of hydrogen-bond donors (Lipinski definition) is 0. The van der Waals surface area contributed by atoms with Crippen molar-refractivity contribution in [3.63, 3.8) is 0 Å². The molecule has 0 radical (unpaired) electrons. The van der Waals surface area contributed by atoms with Gasteiger partial charge in [0.05, 0.1) is 4.90 Å². The quantitative estimate of drug-likeness (QED) is 0.114. The second kappa shape index (κ2) is 13.6. The third-order valence-corrected chi connectivity index (χ3v) is 12.5. The Morgan fingerprint density at radius 3 is 1.75 bits per heavy atom. The minimum absolute atomic E-state index is 0.00354. The molecule has 0 heterocycles. The zero-order valence-electron chi connectivity index (χ0n) is 29.4. The van der Waals surface area contributed by atoms with Gasteiger partial charge in [-0.15, -0.1) is 0 Å². The lowest BCUT2D eigenvalue weighted by Crippen LogP contribution is -2.19. The average Bonchev–Trinajstić information content (AvgIpc) is 3.16. The summed E-state index contributed by atoms with van der Waals surface area (Å²) in [6.07, 6.45) is 2.13. The SMILES string of the molecule is CC(C)c1cc(S(=O)(=O)[O-])c2c(c1OS(=O)(=O)c1c(-c3ccccc3)cc(-c3cccc4ccccc34)cc1-c1cccc3ccccc13)CCCC2. The van der Waals surface area contributed by atoms with Crippen molar-refractivity contribution in [3.05, 3.63) is 150 Å². The number of hydrogen-bond acceptors (Lipinski definition) is 6. The Morgan fingerprint density at radius 2 is 1.11 bits per heavy atom. The van der Waals surface area contributed by atoms with Gasteiger partial charge in [0.25, 0.3) is 0 Å². The van der Waals surface area contributed by atoms with Crippen molar-refractivity contribution in [2.24, 2.45) is 0 Å². The van der Waals surface area contributed by atoms with Gasteiger partial charge in [-0.1, -0.05) is 129 Å². The number of benzene rings is 7. The molecule has 7 aromatic rings. The third kappa shape index (κ3) is 6.41. The first kappa shape index (κ1) is 34.8. The van der Waals surface area contributed by atoms with Crippen molar-refractivity contribution in [3.8, 4) is 39.1 Å². The van der Waals surface area contributed by atoms with Gasteiger partial charge in [0, 0.05) is 22.3 Å². The second-order valence-electron chi connectivity index (χ2n) is 13.9. The van der Waals surface area contributed by atoms with Crippen LogP contribution in [0.2, 0.25) is 0 Å². The first-order valence-electron chi connectivity index (χ1n) is 17.8. The molecular weight excluding hydrogens is 701 g/mol. The van der Waals surface area contributed by atoms with Gasteiger partial charge in [0.15, 0.2) is 0 Å². The van der Waals surface area contributed by atoms with Crippen molar-refractivity contribution in [2.75, 3.05) is 0 Å². The summed E-state index contributed by atoms with van der Waals surface area (Å²) in [6.45, 7) is 3.67. The molecule has 8 heteroatoms. The van der Waals surface area contributed by atoms with E-state index in [1.807, 2.05) is 117 Å². The molecule has 0 unspecified atom stereocenters. The van der Waals surface area contributed by atoms with E-state index in [-0.39, 0.29) is 21.5 Å². The monoisotopic (exact) mass is 737 g/mol. The van der Waals surface area contributed by atoms with Crippen LogP contribution < -0.4 is 4.18 Å². The molecule has 0 saturated carbocycles. The maximum absolute atomic E-state index is 15.3. The smallest absolute Gasteiger partial charge is 0.340 e. The lowest BCUT2D eigenvalue weighted by molar-refractivity contribution is 0.458. The molecule has 1 aliphatic carbocycles. The Balaban J connectivity index is 1.46. The molecule has 266 valence electrons. The Hall–Kier alpha value is -5.28. The van der Waals surface area contributed by atoms with Crippen molar-refractivity contribution in [2.45, 2.75) is 55.2 Å². The Morgan fingerprint density at radius 1 is 0.566 bits per heavy atom. The zero-order chi connectivity index (χ0) is 36.9. The van der Waals surface area contributed by atoms with Crippen molar-refractivity contribution >= 4 is 41.8 Å². The average molecular weight is 738 g/mol. The van der Waals surface area contributed by atoms with Crippen LogP contribution in [0.1, 0.15) is 49.3 Å². The summed E-state index contributed by atoms with van der Waals surface area (Å²) >= 11 is 0. The highest BCUT2D eigenvalue weighted by atomic mass is 32.2. The van der Waals surface area contributed by atoms with Gasteiger partial charge in [-0.25, -0.2) is 8.42 Å². The molecule has 1 aliphatic rings. The molecule has 0 amide bonds. The standard InChI is InChI=1S/C45H38O6S2/c1-29(2)40-28-43(52(46,47)48)38-22-10-11-23-39(38)44(40)51-53(49,50)45-41(32-14-4-3-5-15-32)26-33(36-24-12-18-30-16-6-8-20-34(30)36)27-42(45)37-25-13-19-31-17-7-9-21-35(31)37/h3-9,12-21,24-29H,10-11,22-23H2,1-2H3,(H,46,47,48)/p-1. The molecule has 0 fully saturated rings. The summed E-state index contributed by atoms with van der Waals surface area (Å²) in [5, 5.41) is 3.93. The van der Waals surface area contributed by atoms with Gasteiger partial charge in [-0.05, 0) is 99.2 Å². The van der Waals surface area contributed by atoms with Crippen molar-refractivity contribution in [1.82, 2.24) is 0 Å². The summed E-state index contributed by atoms with van der Waals surface area (Å²) < 4.78 is 74.6. The van der Waals surface area contributed by atoms with Gasteiger partial charge in [0.2, 0.25) is 0 Å². The van der Waals surface area contributed by atoms with Gasteiger partial charge >= 0.3 is 10.1 Å². The fourth-order valence-electron chi connectivity index (χ4n) is 7.82. The minimum Gasteiger partial charge on any atom is -0.744 e. The van der Waals surface area contributed by atoms with E-state index in [2.05, 4.69) is 24.3 Å². The summed E-state index contributed by atoms with van der Waals surface area (Å²) in [7, 11) is -9.47. The summed E-state index contributed by atoms with van der Waals surface area (Å²) in [5.74, 6) is -0.226. The van der Waals surface area contributed by atoms with Crippen LogP contribution in [0.15, 0.2) is 143 Å². The third-order valence-electron chi connectivity index (χ3n) is 10.3. The Kier molecular flexibility index (Phi) is 8.93. The maximum Gasteiger partial charge on any atom is 0.340 e. The van der Waals surface area contributed by atoms with Gasteiger partial charge in [0.1, 0.15) is 20.8 Å². The first-order valence-corrected chi connectivity index (χ1v) is 20.6. The molecule has 0 saturated heterocycles. The highest BCUT2D eigenvalue weighted by Crippen LogP contribution is 2.46.